The molecule has 0 radical (unpaired) electrons. The van der Waals surface area contributed by atoms with Crippen LogP contribution in [-0.4, -0.2) is 9.97 Å². The van der Waals surface area contributed by atoms with Gasteiger partial charge in [0, 0.05) is 16.8 Å². The summed E-state index contributed by atoms with van der Waals surface area (Å²) >= 11 is 6.10. The van der Waals surface area contributed by atoms with Gasteiger partial charge < -0.3 is 0 Å². The lowest BCUT2D eigenvalue weighted by molar-refractivity contribution is 1.07. The van der Waals surface area contributed by atoms with Crippen LogP contribution in [-0.2, 0) is 0 Å². The number of hydrogen-bond acceptors (Lipinski definition) is 2. The third kappa shape index (κ3) is 2.47. The second-order valence-electron chi connectivity index (χ2n) is 4.42. The molecule has 0 saturated carbocycles. The minimum atomic E-state index is 0.534. The molecule has 2 aromatic rings. The third-order valence-corrected chi connectivity index (χ3v) is 3.18. The summed E-state index contributed by atoms with van der Waals surface area (Å²) in [6, 6.07) is 6.28. The Morgan fingerprint density at radius 3 is 2.00 bits per heavy atom. The first-order chi connectivity index (χ1) is 7.97. The fourth-order valence-corrected chi connectivity index (χ4v) is 2.04. The zero-order chi connectivity index (χ0) is 12.6. The van der Waals surface area contributed by atoms with Crippen molar-refractivity contribution in [3.63, 3.8) is 0 Å². The van der Waals surface area contributed by atoms with Crippen molar-refractivity contribution in [2.24, 2.45) is 0 Å². The molecular formula is C14H15ClN2. The maximum atomic E-state index is 6.10. The van der Waals surface area contributed by atoms with Gasteiger partial charge in [0.15, 0.2) is 5.82 Å². The molecule has 1 aromatic heterocycles. The summed E-state index contributed by atoms with van der Waals surface area (Å²) in [5, 5.41) is 0.534. The molecule has 0 aliphatic carbocycles. The predicted octanol–water partition coefficient (Wildman–Crippen LogP) is 4.03. The van der Waals surface area contributed by atoms with E-state index in [1.54, 1.807) is 0 Å². The number of aryl methyl sites for hydroxylation is 3. The van der Waals surface area contributed by atoms with E-state index in [-0.39, 0.29) is 0 Å². The predicted molar refractivity (Wildman–Crippen MR) is 71.4 cm³/mol. The Labute approximate surface area is 107 Å². The number of benzene rings is 1. The van der Waals surface area contributed by atoms with Crippen molar-refractivity contribution in [2.75, 3.05) is 0 Å². The highest BCUT2D eigenvalue weighted by Gasteiger charge is 2.08. The summed E-state index contributed by atoms with van der Waals surface area (Å²) in [7, 11) is 0. The highest BCUT2D eigenvalue weighted by molar-refractivity contribution is 6.30. The zero-order valence-corrected chi connectivity index (χ0v) is 11.3. The Kier molecular flexibility index (Phi) is 3.16. The number of hydrogen-bond donors (Lipinski definition) is 0. The van der Waals surface area contributed by atoms with Gasteiger partial charge >= 0.3 is 0 Å². The van der Waals surface area contributed by atoms with Crippen molar-refractivity contribution in [3.8, 4) is 11.4 Å². The molecule has 2 rings (SSSR count). The van der Waals surface area contributed by atoms with Gasteiger partial charge in [-0.25, -0.2) is 9.97 Å². The van der Waals surface area contributed by atoms with E-state index in [2.05, 4.69) is 42.0 Å². The Bertz CT molecular complexity index is 533. The van der Waals surface area contributed by atoms with Gasteiger partial charge in [0.1, 0.15) is 5.15 Å². The van der Waals surface area contributed by atoms with Crippen LogP contribution >= 0.6 is 11.6 Å². The van der Waals surface area contributed by atoms with Crippen LogP contribution < -0.4 is 0 Å². The molecule has 0 aliphatic heterocycles. The SMILES string of the molecule is Cc1cc(C)cc(-c2nc(C)c(C)c(Cl)n2)c1. The van der Waals surface area contributed by atoms with E-state index in [9.17, 15) is 0 Å². The summed E-state index contributed by atoms with van der Waals surface area (Å²) in [5.74, 6) is 0.699. The molecule has 0 aliphatic rings. The zero-order valence-electron chi connectivity index (χ0n) is 10.5. The Hall–Kier alpha value is -1.41. The molecule has 0 bridgehead atoms. The molecule has 0 amide bonds. The topological polar surface area (TPSA) is 25.8 Å². The van der Waals surface area contributed by atoms with Crippen molar-refractivity contribution >= 4 is 11.6 Å². The molecule has 0 atom stereocenters. The molecule has 3 heteroatoms. The molecule has 0 spiro atoms. The van der Waals surface area contributed by atoms with Crippen molar-refractivity contribution < 1.29 is 0 Å². The van der Waals surface area contributed by atoms with Crippen molar-refractivity contribution in [1.29, 1.82) is 0 Å². The van der Waals surface area contributed by atoms with Gasteiger partial charge in [-0.3, -0.25) is 0 Å². The number of rotatable bonds is 1. The normalized spacial score (nSPS) is 10.6. The summed E-state index contributed by atoms with van der Waals surface area (Å²) in [5.41, 5.74) is 5.31. The first-order valence-corrected chi connectivity index (χ1v) is 5.94. The van der Waals surface area contributed by atoms with Gasteiger partial charge in [0.05, 0.1) is 0 Å². The monoisotopic (exact) mass is 246 g/mol. The number of halogens is 1. The van der Waals surface area contributed by atoms with Crippen molar-refractivity contribution in [3.05, 3.63) is 45.7 Å². The molecule has 0 unspecified atom stereocenters. The highest BCUT2D eigenvalue weighted by Crippen LogP contribution is 2.23. The highest BCUT2D eigenvalue weighted by atomic mass is 35.5. The summed E-state index contributed by atoms with van der Waals surface area (Å²) < 4.78 is 0. The lowest BCUT2D eigenvalue weighted by atomic mass is 10.1. The molecule has 1 aromatic carbocycles. The van der Waals surface area contributed by atoms with Gasteiger partial charge in [0.25, 0.3) is 0 Å². The Balaban J connectivity index is 2.60. The number of nitrogens with zero attached hydrogens (tertiary/aromatic N) is 2. The quantitative estimate of drug-likeness (QED) is 0.710. The first kappa shape index (κ1) is 12.1. The van der Waals surface area contributed by atoms with Crippen molar-refractivity contribution in [1.82, 2.24) is 9.97 Å². The van der Waals surface area contributed by atoms with E-state index >= 15 is 0 Å². The minimum Gasteiger partial charge on any atom is -0.233 e. The molecule has 0 fully saturated rings. The van der Waals surface area contributed by atoms with Crippen LogP contribution in [0.2, 0.25) is 5.15 Å². The largest absolute Gasteiger partial charge is 0.233 e. The van der Waals surface area contributed by atoms with E-state index in [0.717, 1.165) is 16.8 Å². The van der Waals surface area contributed by atoms with Crippen LogP contribution in [0.25, 0.3) is 11.4 Å². The minimum absolute atomic E-state index is 0.534. The van der Waals surface area contributed by atoms with Crippen LogP contribution in [0.15, 0.2) is 18.2 Å². The maximum Gasteiger partial charge on any atom is 0.161 e. The van der Waals surface area contributed by atoms with Crippen LogP contribution in [0.3, 0.4) is 0 Å². The summed E-state index contributed by atoms with van der Waals surface area (Å²) in [6.07, 6.45) is 0. The maximum absolute atomic E-state index is 6.10. The van der Waals surface area contributed by atoms with Crippen LogP contribution in [0.5, 0.6) is 0 Å². The van der Waals surface area contributed by atoms with Crippen LogP contribution in [0.4, 0.5) is 0 Å². The van der Waals surface area contributed by atoms with Crippen LogP contribution in [0.1, 0.15) is 22.4 Å². The average Bonchev–Trinajstić information content (AvgIpc) is 2.23. The Morgan fingerprint density at radius 2 is 1.47 bits per heavy atom. The lowest BCUT2D eigenvalue weighted by Gasteiger charge is -2.07. The third-order valence-electron chi connectivity index (χ3n) is 2.81. The lowest BCUT2D eigenvalue weighted by Crippen LogP contribution is -1.97. The molecular weight excluding hydrogens is 232 g/mol. The molecule has 0 saturated heterocycles. The van der Waals surface area contributed by atoms with Gasteiger partial charge in [-0.15, -0.1) is 0 Å². The van der Waals surface area contributed by atoms with E-state index in [1.165, 1.54) is 11.1 Å². The van der Waals surface area contributed by atoms with Gasteiger partial charge in [-0.05, 0) is 39.8 Å². The van der Waals surface area contributed by atoms with Crippen LogP contribution in [0, 0.1) is 27.7 Å². The molecule has 2 nitrogen and oxygen atoms in total. The van der Waals surface area contributed by atoms with E-state index in [0.29, 0.717) is 11.0 Å². The second-order valence-corrected chi connectivity index (χ2v) is 4.78. The Morgan fingerprint density at radius 1 is 0.882 bits per heavy atom. The second kappa shape index (κ2) is 4.46. The smallest absolute Gasteiger partial charge is 0.161 e. The molecule has 0 N–H and O–H groups in total. The standard InChI is InChI=1S/C14H15ClN2/c1-8-5-9(2)7-12(6-8)14-16-11(4)10(3)13(15)17-14/h5-7H,1-4H3. The van der Waals surface area contributed by atoms with E-state index in [1.807, 2.05) is 13.8 Å². The summed E-state index contributed by atoms with van der Waals surface area (Å²) in [4.78, 5) is 8.83. The summed E-state index contributed by atoms with van der Waals surface area (Å²) in [6.45, 7) is 8.02. The molecule has 17 heavy (non-hydrogen) atoms. The fraction of sp³-hybridized carbons (Fsp3) is 0.286. The molecule has 1 heterocycles. The van der Waals surface area contributed by atoms with E-state index < -0.39 is 0 Å². The average molecular weight is 247 g/mol. The van der Waals surface area contributed by atoms with Gasteiger partial charge in [-0.2, -0.15) is 0 Å². The first-order valence-electron chi connectivity index (χ1n) is 5.57. The fourth-order valence-electron chi connectivity index (χ4n) is 1.83. The van der Waals surface area contributed by atoms with Gasteiger partial charge in [0.2, 0.25) is 0 Å². The molecule has 88 valence electrons. The number of aromatic nitrogens is 2. The van der Waals surface area contributed by atoms with Crippen molar-refractivity contribution in [2.45, 2.75) is 27.7 Å². The van der Waals surface area contributed by atoms with Gasteiger partial charge in [-0.1, -0.05) is 28.8 Å². The van der Waals surface area contributed by atoms with E-state index in [4.69, 9.17) is 11.6 Å².